The van der Waals surface area contributed by atoms with Crippen molar-refractivity contribution >= 4 is 18.3 Å². The number of halogens is 1. The summed E-state index contributed by atoms with van der Waals surface area (Å²) in [4.78, 5) is 12.3. The molecule has 0 radical (unpaired) electrons. The first kappa shape index (κ1) is 17.5. The Morgan fingerprint density at radius 3 is 2.43 bits per heavy atom. The van der Waals surface area contributed by atoms with E-state index in [1.54, 1.807) is 0 Å². The lowest BCUT2D eigenvalue weighted by Gasteiger charge is -2.23. The molecule has 0 bridgehead atoms. The zero-order valence-electron chi connectivity index (χ0n) is 13.5. The van der Waals surface area contributed by atoms with Gasteiger partial charge in [0.15, 0.2) is 0 Å². The Morgan fingerprint density at radius 2 is 1.87 bits per heavy atom. The molecule has 0 spiro atoms. The highest BCUT2D eigenvalue weighted by molar-refractivity contribution is 5.94. The summed E-state index contributed by atoms with van der Waals surface area (Å²) in [6.45, 7) is 5.95. The molecule has 2 heterocycles. The summed E-state index contributed by atoms with van der Waals surface area (Å²) in [6.07, 6.45) is 1.99. The van der Waals surface area contributed by atoms with Crippen LogP contribution in [-0.2, 0) is 0 Å². The van der Waals surface area contributed by atoms with Gasteiger partial charge in [-0.2, -0.15) is 5.10 Å². The number of benzene rings is 1. The molecular formula is C17H23ClN4O. The average Bonchev–Trinajstić information content (AvgIpc) is 2.87. The number of rotatable bonds is 3. The number of amides is 1. The van der Waals surface area contributed by atoms with Gasteiger partial charge in [-0.05, 0) is 70.1 Å². The van der Waals surface area contributed by atoms with Crippen molar-refractivity contribution in [1.29, 1.82) is 0 Å². The molecule has 5 nitrogen and oxygen atoms in total. The van der Waals surface area contributed by atoms with E-state index < -0.39 is 0 Å². The second kappa shape index (κ2) is 7.62. The summed E-state index contributed by atoms with van der Waals surface area (Å²) in [5.74, 6) is 0.00631. The second-order valence-corrected chi connectivity index (χ2v) is 5.88. The largest absolute Gasteiger partial charge is 0.349 e. The monoisotopic (exact) mass is 334 g/mol. The van der Waals surface area contributed by atoms with Crippen molar-refractivity contribution < 1.29 is 4.79 Å². The van der Waals surface area contributed by atoms with Crippen molar-refractivity contribution in [3.63, 3.8) is 0 Å². The summed E-state index contributed by atoms with van der Waals surface area (Å²) in [5, 5.41) is 10.9. The van der Waals surface area contributed by atoms with Crippen molar-refractivity contribution in [1.82, 2.24) is 20.4 Å². The molecule has 0 atom stereocenters. The van der Waals surface area contributed by atoms with E-state index in [1.165, 1.54) is 0 Å². The third-order valence-corrected chi connectivity index (χ3v) is 4.06. The van der Waals surface area contributed by atoms with Crippen LogP contribution in [0.1, 0.15) is 34.6 Å². The lowest BCUT2D eigenvalue weighted by Crippen LogP contribution is -2.42. The molecule has 1 aliphatic rings. The van der Waals surface area contributed by atoms with E-state index in [1.807, 2.05) is 48.9 Å². The number of nitrogens with one attached hydrogen (secondary N) is 2. The summed E-state index contributed by atoms with van der Waals surface area (Å²) < 4.78 is 1.89. The van der Waals surface area contributed by atoms with Crippen LogP contribution in [0.2, 0.25) is 0 Å². The van der Waals surface area contributed by atoms with E-state index in [-0.39, 0.29) is 24.4 Å². The van der Waals surface area contributed by atoms with Crippen LogP contribution in [0.15, 0.2) is 30.3 Å². The molecule has 1 aromatic heterocycles. The van der Waals surface area contributed by atoms with E-state index in [2.05, 4.69) is 15.7 Å². The molecule has 1 fully saturated rings. The minimum atomic E-state index is 0. The number of piperidine rings is 1. The zero-order valence-corrected chi connectivity index (χ0v) is 14.3. The smallest absolute Gasteiger partial charge is 0.251 e. The molecule has 2 aromatic rings. The number of nitrogens with zero attached hydrogens (tertiary/aromatic N) is 2. The fourth-order valence-corrected chi connectivity index (χ4v) is 2.88. The summed E-state index contributed by atoms with van der Waals surface area (Å²) >= 11 is 0. The molecule has 1 aliphatic heterocycles. The maximum absolute atomic E-state index is 12.3. The quantitative estimate of drug-likeness (QED) is 0.906. The van der Waals surface area contributed by atoms with Crippen LogP contribution in [0.4, 0.5) is 0 Å². The fraction of sp³-hybridized carbons (Fsp3) is 0.412. The minimum absolute atomic E-state index is 0. The Kier molecular flexibility index (Phi) is 5.80. The molecule has 23 heavy (non-hydrogen) atoms. The van der Waals surface area contributed by atoms with Gasteiger partial charge in [0.1, 0.15) is 0 Å². The Morgan fingerprint density at radius 1 is 1.22 bits per heavy atom. The van der Waals surface area contributed by atoms with Gasteiger partial charge in [-0.1, -0.05) is 0 Å². The Balaban J connectivity index is 0.00000192. The van der Waals surface area contributed by atoms with E-state index in [4.69, 9.17) is 0 Å². The third kappa shape index (κ3) is 4.12. The lowest BCUT2D eigenvalue weighted by molar-refractivity contribution is 0.0929. The van der Waals surface area contributed by atoms with Crippen molar-refractivity contribution in [2.75, 3.05) is 13.1 Å². The molecule has 124 valence electrons. The maximum atomic E-state index is 12.3. The number of carbonyl (C=O) groups is 1. The van der Waals surface area contributed by atoms with E-state index in [9.17, 15) is 4.79 Å². The molecule has 1 aromatic carbocycles. The van der Waals surface area contributed by atoms with Crippen LogP contribution in [0.3, 0.4) is 0 Å². The third-order valence-electron chi connectivity index (χ3n) is 4.06. The SMILES string of the molecule is Cc1cc(C)n(-c2ccc(C(=O)NC3CCNCC3)cc2)n1.Cl. The van der Waals surface area contributed by atoms with Crippen molar-refractivity contribution in [2.45, 2.75) is 32.7 Å². The standard InChI is InChI=1S/C17H22N4O.ClH/c1-12-11-13(2)21(20-12)16-5-3-14(4-6-16)17(22)19-15-7-9-18-10-8-15;/h3-6,11,15,18H,7-10H2,1-2H3,(H,19,22);1H. The van der Waals surface area contributed by atoms with Crippen molar-refractivity contribution in [3.05, 3.63) is 47.3 Å². The molecular weight excluding hydrogens is 312 g/mol. The van der Waals surface area contributed by atoms with Crippen LogP contribution in [0.25, 0.3) is 5.69 Å². The Hall–Kier alpha value is -1.85. The molecule has 2 N–H and O–H groups in total. The first-order valence-corrected chi connectivity index (χ1v) is 7.79. The van der Waals surface area contributed by atoms with Crippen LogP contribution in [-0.4, -0.2) is 34.8 Å². The van der Waals surface area contributed by atoms with Gasteiger partial charge >= 0.3 is 0 Å². The molecule has 0 unspecified atom stereocenters. The number of aryl methyl sites for hydroxylation is 2. The van der Waals surface area contributed by atoms with Gasteiger partial charge in [-0.25, -0.2) is 4.68 Å². The van der Waals surface area contributed by atoms with Crippen LogP contribution < -0.4 is 10.6 Å². The van der Waals surface area contributed by atoms with Gasteiger partial charge < -0.3 is 10.6 Å². The predicted molar refractivity (Wildman–Crippen MR) is 93.6 cm³/mol. The average molecular weight is 335 g/mol. The molecule has 1 saturated heterocycles. The number of hydrogen-bond donors (Lipinski definition) is 2. The highest BCUT2D eigenvalue weighted by Gasteiger charge is 2.16. The van der Waals surface area contributed by atoms with Gasteiger partial charge in [0.2, 0.25) is 0 Å². The van der Waals surface area contributed by atoms with Gasteiger partial charge in [0.25, 0.3) is 5.91 Å². The summed E-state index contributed by atoms with van der Waals surface area (Å²) in [6, 6.07) is 9.93. The molecule has 0 saturated carbocycles. The van der Waals surface area contributed by atoms with Gasteiger partial charge in [-0.15, -0.1) is 12.4 Å². The Labute approximate surface area is 142 Å². The Bertz CT molecular complexity index is 660. The lowest BCUT2D eigenvalue weighted by atomic mass is 10.1. The summed E-state index contributed by atoms with van der Waals surface area (Å²) in [7, 11) is 0. The predicted octanol–water partition coefficient (Wildman–Crippen LogP) is 2.39. The number of hydrogen-bond acceptors (Lipinski definition) is 3. The van der Waals surface area contributed by atoms with Crippen molar-refractivity contribution in [2.24, 2.45) is 0 Å². The zero-order chi connectivity index (χ0) is 15.5. The van der Waals surface area contributed by atoms with Gasteiger partial charge in [0.05, 0.1) is 11.4 Å². The van der Waals surface area contributed by atoms with Gasteiger partial charge in [0, 0.05) is 17.3 Å². The molecule has 6 heteroatoms. The normalized spacial score (nSPS) is 15.0. The second-order valence-electron chi connectivity index (χ2n) is 5.88. The van der Waals surface area contributed by atoms with E-state index in [0.29, 0.717) is 5.56 Å². The number of carbonyl (C=O) groups excluding carboxylic acids is 1. The minimum Gasteiger partial charge on any atom is -0.349 e. The van der Waals surface area contributed by atoms with Crippen molar-refractivity contribution in [3.8, 4) is 5.69 Å². The van der Waals surface area contributed by atoms with Gasteiger partial charge in [-0.3, -0.25) is 4.79 Å². The van der Waals surface area contributed by atoms with Crippen LogP contribution in [0.5, 0.6) is 0 Å². The first-order valence-electron chi connectivity index (χ1n) is 7.79. The van der Waals surface area contributed by atoms with E-state index >= 15 is 0 Å². The fourth-order valence-electron chi connectivity index (χ4n) is 2.88. The summed E-state index contributed by atoms with van der Waals surface area (Å²) in [5.41, 5.74) is 3.75. The van der Waals surface area contributed by atoms with Crippen LogP contribution in [0, 0.1) is 13.8 Å². The highest BCUT2D eigenvalue weighted by Crippen LogP contribution is 2.13. The van der Waals surface area contributed by atoms with E-state index in [0.717, 1.165) is 43.0 Å². The maximum Gasteiger partial charge on any atom is 0.251 e. The highest BCUT2D eigenvalue weighted by atomic mass is 35.5. The van der Waals surface area contributed by atoms with Crippen LogP contribution >= 0.6 is 12.4 Å². The molecule has 0 aliphatic carbocycles. The molecule has 1 amide bonds. The topological polar surface area (TPSA) is 59.0 Å². The molecule has 3 rings (SSSR count). The number of aromatic nitrogens is 2. The first-order chi connectivity index (χ1) is 10.6.